The smallest absolute Gasteiger partial charge is 0.224 e. The minimum Gasteiger partial charge on any atom is -0.366 e. The summed E-state index contributed by atoms with van der Waals surface area (Å²) in [6, 6.07) is 16.7. The van der Waals surface area contributed by atoms with Gasteiger partial charge in [0.1, 0.15) is 11.6 Å². The zero-order valence-corrected chi connectivity index (χ0v) is 13.5. The van der Waals surface area contributed by atoms with E-state index in [1.165, 1.54) is 11.6 Å². The topological polar surface area (TPSA) is 49.8 Å². The molecule has 0 aliphatic heterocycles. The van der Waals surface area contributed by atoms with Gasteiger partial charge >= 0.3 is 0 Å². The van der Waals surface area contributed by atoms with Gasteiger partial charge in [-0.25, -0.2) is 9.37 Å². The van der Waals surface area contributed by atoms with Crippen LogP contribution in [0.1, 0.15) is 16.7 Å². The Hall–Kier alpha value is -2.95. The van der Waals surface area contributed by atoms with Crippen molar-refractivity contribution in [1.29, 1.82) is 0 Å². The van der Waals surface area contributed by atoms with Gasteiger partial charge in [0.15, 0.2) is 0 Å². The van der Waals surface area contributed by atoms with E-state index in [2.05, 4.69) is 51.8 Å². The van der Waals surface area contributed by atoms with E-state index in [4.69, 9.17) is 0 Å². The minimum atomic E-state index is -0.225. The normalized spacial score (nSPS) is 10.4. The molecule has 0 saturated carbocycles. The second kappa shape index (κ2) is 7.55. The van der Waals surface area contributed by atoms with E-state index in [1.807, 2.05) is 6.07 Å². The lowest BCUT2D eigenvalue weighted by molar-refractivity contribution is 0.613. The summed E-state index contributed by atoms with van der Waals surface area (Å²) in [6.07, 6.45) is 1.67. The van der Waals surface area contributed by atoms with Gasteiger partial charge in [-0.1, -0.05) is 48.0 Å². The first kappa shape index (κ1) is 15.9. The highest BCUT2D eigenvalue weighted by molar-refractivity contribution is 5.41. The molecule has 0 aliphatic carbocycles. The van der Waals surface area contributed by atoms with Gasteiger partial charge < -0.3 is 10.6 Å². The van der Waals surface area contributed by atoms with E-state index >= 15 is 0 Å². The van der Waals surface area contributed by atoms with Crippen molar-refractivity contribution in [2.75, 3.05) is 10.6 Å². The number of rotatable bonds is 6. The standard InChI is InChI=1S/C19H19FN4/c1-14-6-8-15(9-7-14)12-23-19-21-11-10-18(24-19)22-13-16-4-2-3-5-17(16)20/h2-11H,12-13H2,1H3,(H2,21,22,23,24). The summed E-state index contributed by atoms with van der Waals surface area (Å²) in [5.74, 6) is 0.963. The molecule has 0 spiro atoms. The van der Waals surface area contributed by atoms with Gasteiger partial charge in [0.05, 0.1) is 0 Å². The average Bonchev–Trinajstić information content (AvgIpc) is 2.61. The lowest BCUT2D eigenvalue weighted by atomic mass is 10.1. The van der Waals surface area contributed by atoms with Gasteiger partial charge in [-0.3, -0.25) is 0 Å². The Bertz CT molecular complexity index is 802. The fraction of sp³-hybridized carbons (Fsp3) is 0.158. The van der Waals surface area contributed by atoms with Crippen molar-refractivity contribution in [3.63, 3.8) is 0 Å². The van der Waals surface area contributed by atoms with Crippen LogP contribution >= 0.6 is 0 Å². The van der Waals surface area contributed by atoms with Crippen LogP contribution in [0.15, 0.2) is 60.8 Å². The Morgan fingerprint density at radius 3 is 2.50 bits per heavy atom. The van der Waals surface area contributed by atoms with Crippen LogP contribution in [0, 0.1) is 12.7 Å². The van der Waals surface area contributed by atoms with Crippen molar-refractivity contribution in [2.45, 2.75) is 20.0 Å². The van der Waals surface area contributed by atoms with Crippen molar-refractivity contribution in [1.82, 2.24) is 9.97 Å². The molecule has 0 aliphatic rings. The number of nitrogens with one attached hydrogen (secondary N) is 2. The largest absolute Gasteiger partial charge is 0.366 e. The van der Waals surface area contributed by atoms with Crippen LogP contribution in [0.25, 0.3) is 0 Å². The van der Waals surface area contributed by atoms with Gasteiger partial charge in [0.2, 0.25) is 5.95 Å². The molecule has 0 saturated heterocycles. The van der Waals surface area contributed by atoms with Crippen LogP contribution in [0.3, 0.4) is 0 Å². The summed E-state index contributed by atoms with van der Waals surface area (Å²) >= 11 is 0. The molecule has 2 N–H and O–H groups in total. The van der Waals surface area contributed by atoms with Crippen LogP contribution < -0.4 is 10.6 Å². The molecule has 4 nitrogen and oxygen atoms in total. The van der Waals surface area contributed by atoms with Crippen molar-refractivity contribution in [2.24, 2.45) is 0 Å². The molecule has 2 aromatic carbocycles. The fourth-order valence-corrected chi connectivity index (χ4v) is 2.26. The summed E-state index contributed by atoms with van der Waals surface area (Å²) in [5.41, 5.74) is 2.99. The van der Waals surface area contributed by atoms with E-state index in [0.29, 0.717) is 30.4 Å². The number of hydrogen-bond donors (Lipinski definition) is 2. The highest BCUT2D eigenvalue weighted by Gasteiger charge is 2.03. The number of benzene rings is 2. The number of halogens is 1. The van der Waals surface area contributed by atoms with Crippen LogP contribution in [-0.4, -0.2) is 9.97 Å². The van der Waals surface area contributed by atoms with E-state index < -0.39 is 0 Å². The Balaban J connectivity index is 1.59. The molecule has 0 atom stereocenters. The number of aryl methyl sites for hydroxylation is 1. The van der Waals surface area contributed by atoms with Gasteiger partial charge in [-0.2, -0.15) is 4.98 Å². The van der Waals surface area contributed by atoms with E-state index in [-0.39, 0.29) is 5.82 Å². The molecule has 0 fully saturated rings. The maximum Gasteiger partial charge on any atom is 0.224 e. The molecule has 24 heavy (non-hydrogen) atoms. The SMILES string of the molecule is Cc1ccc(CNc2nccc(NCc3ccccc3F)n2)cc1. The molecule has 122 valence electrons. The van der Waals surface area contributed by atoms with Gasteiger partial charge in [0, 0.05) is 24.8 Å². The van der Waals surface area contributed by atoms with Crippen LogP contribution in [0.4, 0.5) is 16.2 Å². The lowest BCUT2D eigenvalue weighted by Crippen LogP contribution is -2.07. The Morgan fingerprint density at radius 2 is 1.71 bits per heavy atom. The third-order valence-electron chi connectivity index (χ3n) is 3.64. The van der Waals surface area contributed by atoms with Crippen molar-refractivity contribution < 1.29 is 4.39 Å². The van der Waals surface area contributed by atoms with Crippen LogP contribution in [-0.2, 0) is 13.1 Å². The second-order valence-electron chi connectivity index (χ2n) is 5.55. The van der Waals surface area contributed by atoms with Crippen LogP contribution in [0.2, 0.25) is 0 Å². The molecule has 1 heterocycles. The maximum absolute atomic E-state index is 13.6. The number of hydrogen-bond acceptors (Lipinski definition) is 4. The first-order chi connectivity index (χ1) is 11.7. The molecule has 5 heteroatoms. The third-order valence-corrected chi connectivity index (χ3v) is 3.64. The minimum absolute atomic E-state index is 0.225. The molecule has 3 rings (SSSR count). The van der Waals surface area contributed by atoms with Gasteiger partial charge in [-0.15, -0.1) is 0 Å². The van der Waals surface area contributed by atoms with Crippen molar-refractivity contribution in [3.05, 3.63) is 83.3 Å². The van der Waals surface area contributed by atoms with E-state index in [0.717, 1.165) is 5.56 Å². The summed E-state index contributed by atoms with van der Waals surface area (Å²) in [5, 5.41) is 6.31. The summed E-state index contributed by atoms with van der Waals surface area (Å²) < 4.78 is 13.6. The van der Waals surface area contributed by atoms with Crippen molar-refractivity contribution >= 4 is 11.8 Å². The van der Waals surface area contributed by atoms with Crippen molar-refractivity contribution in [3.8, 4) is 0 Å². The molecule has 0 unspecified atom stereocenters. The second-order valence-corrected chi connectivity index (χ2v) is 5.55. The zero-order valence-electron chi connectivity index (χ0n) is 13.5. The van der Waals surface area contributed by atoms with Gasteiger partial charge in [0.25, 0.3) is 0 Å². The Kier molecular flexibility index (Phi) is 5.01. The number of nitrogens with zero attached hydrogens (tertiary/aromatic N) is 2. The molecular weight excluding hydrogens is 303 g/mol. The first-order valence-corrected chi connectivity index (χ1v) is 7.80. The van der Waals surface area contributed by atoms with Crippen LogP contribution in [0.5, 0.6) is 0 Å². The van der Waals surface area contributed by atoms with Gasteiger partial charge in [-0.05, 0) is 24.6 Å². The lowest BCUT2D eigenvalue weighted by Gasteiger charge is -2.09. The monoisotopic (exact) mass is 322 g/mol. The molecular formula is C19H19FN4. The summed E-state index contributed by atoms with van der Waals surface area (Å²) in [4.78, 5) is 8.60. The number of anilines is 2. The number of aromatic nitrogens is 2. The molecule has 3 aromatic rings. The quantitative estimate of drug-likeness (QED) is 0.716. The van der Waals surface area contributed by atoms with E-state index in [1.54, 1.807) is 24.4 Å². The molecule has 0 amide bonds. The predicted molar refractivity (Wildman–Crippen MR) is 94.3 cm³/mol. The third kappa shape index (κ3) is 4.29. The highest BCUT2D eigenvalue weighted by Crippen LogP contribution is 2.12. The highest BCUT2D eigenvalue weighted by atomic mass is 19.1. The Labute approximate surface area is 140 Å². The fourth-order valence-electron chi connectivity index (χ4n) is 2.26. The first-order valence-electron chi connectivity index (χ1n) is 7.80. The maximum atomic E-state index is 13.6. The molecule has 0 bridgehead atoms. The molecule has 0 radical (unpaired) electrons. The Morgan fingerprint density at radius 1 is 0.917 bits per heavy atom. The molecule has 1 aromatic heterocycles. The summed E-state index contributed by atoms with van der Waals surface area (Å²) in [6.45, 7) is 3.09. The average molecular weight is 322 g/mol. The summed E-state index contributed by atoms with van der Waals surface area (Å²) in [7, 11) is 0. The van der Waals surface area contributed by atoms with E-state index in [9.17, 15) is 4.39 Å². The predicted octanol–water partition coefficient (Wildman–Crippen LogP) is 4.15. The zero-order chi connectivity index (χ0) is 16.8.